The monoisotopic (exact) mass is 315 g/mol. The summed E-state index contributed by atoms with van der Waals surface area (Å²) in [5, 5.41) is 13.2. The summed E-state index contributed by atoms with van der Waals surface area (Å²) < 4.78 is 13.7. The first kappa shape index (κ1) is 14.0. The minimum absolute atomic E-state index is 0.00156. The fourth-order valence-corrected chi connectivity index (χ4v) is 2.96. The predicted octanol–water partition coefficient (Wildman–Crippen LogP) is 3.33. The smallest absolute Gasteiger partial charge is 0.137 e. The van der Waals surface area contributed by atoms with Gasteiger partial charge in [0.05, 0.1) is 16.6 Å². The number of rotatable bonds is 4. The van der Waals surface area contributed by atoms with E-state index in [0.717, 1.165) is 18.4 Å². The molecule has 4 heteroatoms. The molecule has 0 amide bonds. The van der Waals surface area contributed by atoms with E-state index < -0.39 is 5.54 Å². The van der Waals surface area contributed by atoms with Crippen LogP contribution in [0.4, 0.5) is 4.39 Å². The predicted molar refractivity (Wildman–Crippen MR) is 73.9 cm³/mol. The molecule has 0 bridgehead atoms. The van der Waals surface area contributed by atoms with Crippen molar-refractivity contribution in [3.63, 3.8) is 0 Å². The van der Waals surface area contributed by atoms with Gasteiger partial charge >= 0.3 is 0 Å². The van der Waals surface area contributed by atoms with Gasteiger partial charge in [-0.3, -0.25) is 0 Å². The molecule has 1 atom stereocenters. The highest BCUT2D eigenvalue weighted by Gasteiger charge is 2.30. The number of hydrogen-bond acceptors (Lipinski definition) is 2. The first-order chi connectivity index (χ1) is 8.55. The molecule has 2 rings (SSSR count). The molecule has 2 N–H and O–H groups in total. The van der Waals surface area contributed by atoms with Crippen molar-refractivity contribution in [3.05, 3.63) is 34.1 Å². The second-order valence-electron chi connectivity index (χ2n) is 5.24. The summed E-state index contributed by atoms with van der Waals surface area (Å²) in [5.74, 6) is -0.278. The van der Waals surface area contributed by atoms with Crippen LogP contribution in [0.3, 0.4) is 0 Å². The fraction of sp³-hybridized carbons (Fsp3) is 0.571. The lowest BCUT2D eigenvalue weighted by Crippen LogP contribution is -2.47. The third-order valence-electron chi connectivity index (χ3n) is 3.75. The van der Waals surface area contributed by atoms with Crippen LogP contribution >= 0.6 is 15.9 Å². The van der Waals surface area contributed by atoms with Crippen LogP contribution in [0.2, 0.25) is 0 Å². The molecule has 1 unspecified atom stereocenters. The minimum Gasteiger partial charge on any atom is -0.394 e. The minimum atomic E-state index is -0.509. The Morgan fingerprint density at radius 2 is 2.11 bits per heavy atom. The summed E-state index contributed by atoms with van der Waals surface area (Å²) in [4.78, 5) is 0. The summed E-state index contributed by atoms with van der Waals surface area (Å²) in [6.07, 6.45) is 4.79. The van der Waals surface area contributed by atoms with Gasteiger partial charge in [-0.05, 0) is 53.4 Å². The van der Waals surface area contributed by atoms with Crippen molar-refractivity contribution in [2.45, 2.75) is 44.2 Å². The standard InChI is InChI=1S/C14H19BrFNO/c1-14(9-18,17-11-4-2-3-5-11)10-6-7-13(16)12(15)8-10/h6-8,11,17-18H,2-5,9H2,1H3. The zero-order chi connectivity index (χ0) is 13.2. The fourth-order valence-electron chi connectivity index (χ4n) is 2.58. The lowest BCUT2D eigenvalue weighted by Gasteiger charge is -2.33. The van der Waals surface area contributed by atoms with E-state index in [1.54, 1.807) is 12.1 Å². The van der Waals surface area contributed by atoms with Gasteiger partial charge in [-0.25, -0.2) is 4.39 Å². The largest absolute Gasteiger partial charge is 0.394 e. The number of benzene rings is 1. The number of halogens is 2. The second-order valence-corrected chi connectivity index (χ2v) is 6.10. The molecular weight excluding hydrogens is 297 g/mol. The number of hydrogen-bond donors (Lipinski definition) is 2. The first-order valence-electron chi connectivity index (χ1n) is 6.39. The van der Waals surface area contributed by atoms with Gasteiger partial charge < -0.3 is 10.4 Å². The van der Waals surface area contributed by atoms with E-state index in [1.165, 1.54) is 18.9 Å². The highest BCUT2D eigenvalue weighted by molar-refractivity contribution is 9.10. The topological polar surface area (TPSA) is 32.3 Å². The van der Waals surface area contributed by atoms with Gasteiger partial charge in [0.15, 0.2) is 0 Å². The summed E-state index contributed by atoms with van der Waals surface area (Å²) in [5.41, 5.74) is 0.399. The molecule has 1 aromatic carbocycles. The van der Waals surface area contributed by atoms with Gasteiger partial charge in [0.2, 0.25) is 0 Å². The Hall–Kier alpha value is -0.450. The Balaban J connectivity index is 2.21. The van der Waals surface area contributed by atoms with Crippen LogP contribution in [-0.2, 0) is 5.54 Å². The van der Waals surface area contributed by atoms with Crippen LogP contribution < -0.4 is 5.32 Å². The molecule has 1 aliphatic carbocycles. The van der Waals surface area contributed by atoms with Crippen LogP contribution in [0.15, 0.2) is 22.7 Å². The molecule has 1 aromatic rings. The van der Waals surface area contributed by atoms with Crippen LogP contribution in [0.25, 0.3) is 0 Å². The van der Waals surface area contributed by atoms with Crippen molar-refractivity contribution >= 4 is 15.9 Å². The maximum atomic E-state index is 13.3. The van der Waals surface area contributed by atoms with Crippen LogP contribution in [-0.4, -0.2) is 17.8 Å². The van der Waals surface area contributed by atoms with Crippen molar-refractivity contribution in [2.24, 2.45) is 0 Å². The molecule has 0 heterocycles. The van der Waals surface area contributed by atoms with E-state index in [1.807, 2.05) is 6.92 Å². The molecular formula is C14H19BrFNO. The zero-order valence-corrected chi connectivity index (χ0v) is 12.1. The summed E-state index contributed by atoms with van der Waals surface area (Å²) >= 11 is 3.20. The highest BCUT2D eigenvalue weighted by atomic mass is 79.9. The van der Waals surface area contributed by atoms with E-state index >= 15 is 0 Å². The van der Waals surface area contributed by atoms with Crippen molar-refractivity contribution in [2.75, 3.05) is 6.61 Å². The third-order valence-corrected chi connectivity index (χ3v) is 4.36. The maximum Gasteiger partial charge on any atom is 0.137 e. The second kappa shape index (κ2) is 5.68. The van der Waals surface area contributed by atoms with Crippen LogP contribution in [0.5, 0.6) is 0 Å². The highest BCUT2D eigenvalue weighted by Crippen LogP contribution is 2.28. The summed E-state index contributed by atoms with van der Waals surface area (Å²) in [6, 6.07) is 5.36. The average Bonchev–Trinajstić information content (AvgIpc) is 2.85. The molecule has 0 radical (unpaired) electrons. The normalized spacial score (nSPS) is 20.0. The molecule has 0 saturated heterocycles. The molecule has 100 valence electrons. The molecule has 0 aromatic heterocycles. The lowest BCUT2D eigenvalue weighted by atomic mass is 9.91. The molecule has 2 nitrogen and oxygen atoms in total. The van der Waals surface area contributed by atoms with E-state index in [4.69, 9.17) is 0 Å². The van der Waals surface area contributed by atoms with Gasteiger partial charge in [0.25, 0.3) is 0 Å². The Labute approximate surface area is 116 Å². The molecule has 1 saturated carbocycles. The van der Waals surface area contributed by atoms with Gasteiger partial charge in [-0.2, -0.15) is 0 Å². The quantitative estimate of drug-likeness (QED) is 0.893. The molecule has 0 spiro atoms. The zero-order valence-electron chi connectivity index (χ0n) is 10.5. The van der Waals surface area contributed by atoms with Gasteiger partial charge in [-0.15, -0.1) is 0 Å². The number of aliphatic hydroxyl groups is 1. The van der Waals surface area contributed by atoms with Crippen molar-refractivity contribution in [1.29, 1.82) is 0 Å². The van der Waals surface area contributed by atoms with E-state index in [9.17, 15) is 9.50 Å². The van der Waals surface area contributed by atoms with Crippen molar-refractivity contribution in [3.8, 4) is 0 Å². The Morgan fingerprint density at radius 3 is 2.67 bits per heavy atom. The van der Waals surface area contributed by atoms with Crippen molar-refractivity contribution in [1.82, 2.24) is 5.32 Å². The number of aliphatic hydroxyl groups excluding tert-OH is 1. The van der Waals surface area contributed by atoms with E-state index in [0.29, 0.717) is 10.5 Å². The molecule has 1 aliphatic rings. The summed E-state index contributed by atoms with van der Waals surface area (Å²) in [6.45, 7) is 1.96. The maximum absolute atomic E-state index is 13.3. The molecule has 18 heavy (non-hydrogen) atoms. The van der Waals surface area contributed by atoms with Gasteiger partial charge in [-0.1, -0.05) is 18.9 Å². The Bertz CT molecular complexity index is 420. The van der Waals surface area contributed by atoms with E-state index in [-0.39, 0.29) is 12.4 Å². The average molecular weight is 316 g/mol. The molecule has 1 fully saturated rings. The number of nitrogens with one attached hydrogen (secondary N) is 1. The first-order valence-corrected chi connectivity index (χ1v) is 7.18. The van der Waals surface area contributed by atoms with Gasteiger partial charge in [0, 0.05) is 6.04 Å². The summed E-state index contributed by atoms with van der Waals surface area (Å²) in [7, 11) is 0. The van der Waals surface area contributed by atoms with Gasteiger partial charge in [0.1, 0.15) is 5.82 Å². The Kier molecular flexibility index (Phi) is 4.41. The SMILES string of the molecule is CC(CO)(NC1CCCC1)c1ccc(F)c(Br)c1. The Morgan fingerprint density at radius 1 is 1.44 bits per heavy atom. The van der Waals surface area contributed by atoms with Crippen LogP contribution in [0, 0.1) is 5.82 Å². The van der Waals surface area contributed by atoms with Crippen LogP contribution in [0.1, 0.15) is 38.2 Å². The molecule has 0 aliphatic heterocycles. The lowest BCUT2D eigenvalue weighted by molar-refractivity contribution is 0.161. The van der Waals surface area contributed by atoms with E-state index in [2.05, 4.69) is 21.2 Å². The van der Waals surface area contributed by atoms with Crippen molar-refractivity contribution < 1.29 is 9.50 Å². The third kappa shape index (κ3) is 2.92.